The fraction of sp³-hybridized carbons (Fsp3) is 0.400. The second-order valence-electron chi connectivity index (χ2n) is 1.65. The van der Waals surface area contributed by atoms with Crippen LogP contribution in [-0.4, -0.2) is 15.9 Å². The van der Waals surface area contributed by atoms with E-state index in [2.05, 4.69) is 6.92 Å². The summed E-state index contributed by atoms with van der Waals surface area (Å²) in [7, 11) is -3.77. The van der Waals surface area contributed by atoms with E-state index in [-0.39, 0.29) is 6.16 Å². The number of rotatable bonds is 3. The van der Waals surface area contributed by atoms with Crippen molar-refractivity contribution in [1.82, 2.24) is 0 Å². The summed E-state index contributed by atoms with van der Waals surface area (Å²) < 4.78 is 10.1. The van der Waals surface area contributed by atoms with E-state index in [1.807, 2.05) is 0 Å². The molecule has 0 heterocycles. The zero-order valence-electron chi connectivity index (χ0n) is 5.03. The minimum absolute atomic E-state index is 0.0843. The maximum absolute atomic E-state index is 10.1. The van der Waals surface area contributed by atoms with Crippen molar-refractivity contribution in [2.45, 2.75) is 6.42 Å². The third kappa shape index (κ3) is 7.89. The summed E-state index contributed by atoms with van der Waals surface area (Å²) in [5.74, 6) is 0. The average Bonchev–Trinajstić information content (AvgIpc) is 1.63. The van der Waals surface area contributed by atoms with Crippen LogP contribution in [-0.2, 0) is 4.57 Å². The molecule has 2 N–H and O–H groups in total. The molecule has 53 valence electrons. The highest BCUT2D eigenvalue weighted by atomic mass is 31.2. The zero-order valence-corrected chi connectivity index (χ0v) is 5.92. The first-order valence-electron chi connectivity index (χ1n) is 2.55. The third-order valence-corrected chi connectivity index (χ3v) is 1.59. The van der Waals surface area contributed by atoms with Crippen LogP contribution >= 0.6 is 7.60 Å². The van der Waals surface area contributed by atoms with E-state index in [9.17, 15) is 4.57 Å². The van der Waals surface area contributed by atoms with Gasteiger partial charge in [0.1, 0.15) is 0 Å². The van der Waals surface area contributed by atoms with Gasteiger partial charge in [-0.25, -0.2) is 0 Å². The highest BCUT2D eigenvalue weighted by Crippen LogP contribution is 2.34. The molecular weight excluding hydrogens is 139 g/mol. The number of hydrogen-bond donors (Lipinski definition) is 2. The first kappa shape index (κ1) is 8.89. The summed E-state index contributed by atoms with van der Waals surface area (Å²) in [4.78, 5) is 16.6. The van der Waals surface area contributed by atoms with Gasteiger partial charge in [-0.2, -0.15) is 0 Å². The minimum Gasteiger partial charge on any atom is -0.324 e. The fourth-order valence-electron chi connectivity index (χ4n) is 0.361. The molecular formula is C5H10O3P. The van der Waals surface area contributed by atoms with Gasteiger partial charge in [0.2, 0.25) is 0 Å². The lowest BCUT2D eigenvalue weighted by molar-refractivity contribution is 0.373. The summed E-state index contributed by atoms with van der Waals surface area (Å²) in [5.41, 5.74) is 0. The van der Waals surface area contributed by atoms with Gasteiger partial charge < -0.3 is 9.79 Å². The summed E-state index contributed by atoms with van der Waals surface area (Å²) in [6.45, 7) is 3.37. The molecule has 0 spiro atoms. The number of allylic oxidation sites excluding steroid dienone is 2. The van der Waals surface area contributed by atoms with Crippen LogP contribution in [0.1, 0.15) is 6.42 Å². The predicted octanol–water partition coefficient (Wildman–Crippen LogP) is 0.944. The Labute approximate surface area is 54.6 Å². The van der Waals surface area contributed by atoms with Crippen LogP contribution in [0.4, 0.5) is 0 Å². The molecule has 0 unspecified atom stereocenters. The molecule has 4 heteroatoms. The smallest absolute Gasteiger partial charge is 0.324 e. The maximum atomic E-state index is 10.1. The molecule has 0 rings (SSSR count). The van der Waals surface area contributed by atoms with Crippen molar-refractivity contribution in [2.24, 2.45) is 0 Å². The van der Waals surface area contributed by atoms with E-state index in [1.165, 1.54) is 6.08 Å². The van der Waals surface area contributed by atoms with Gasteiger partial charge in [0.15, 0.2) is 0 Å². The van der Waals surface area contributed by atoms with Crippen molar-refractivity contribution >= 4 is 7.60 Å². The first-order chi connectivity index (χ1) is 4.06. The Morgan fingerprint density at radius 3 is 2.44 bits per heavy atom. The van der Waals surface area contributed by atoms with E-state index < -0.39 is 7.60 Å². The van der Waals surface area contributed by atoms with Crippen LogP contribution in [0.5, 0.6) is 0 Å². The summed E-state index contributed by atoms with van der Waals surface area (Å²) in [6, 6.07) is 0. The van der Waals surface area contributed by atoms with E-state index >= 15 is 0 Å². The van der Waals surface area contributed by atoms with Gasteiger partial charge in [-0.05, 0) is 13.3 Å². The molecule has 0 aromatic heterocycles. The van der Waals surface area contributed by atoms with Crippen molar-refractivity contribution in [3.05, 3.63) is 19.1 Å². The van der Waals surface area contributed by atoms with Gasteiger partial charge in [-0.15, -0.1) is 0 Å². The van der Waals surface area contributed by atoms with Crippen LogP contribution in [0.3, 0.4) is 0 Å². The lowest BCUT2D eigenvalue weighted by atomic mass is 10.4. The molecule has 0 aliphatic rings. The van der Waals surface area contributed by atoms with Crippen molar-refractivity contribution in [3.63, 3.8) is 0 Å². The third-order valence-electron chi connectivity index (χ3n) is 0.754. The van der Waals surface area contributed by atoms with Crippen LogP contribution < -0.4 is 0 Å². The molecule has 9 heavy (non-hydrogen) atoms. The first-order valence-corrected chi connectivity index (χ1v) is 4.35. The SMILES string of the molecule is [CH2]/C=C/CCP(=O)(O)O. The summed E-state index contributed by atoms with van der Waals surface area (Å²) in [6.07, 6.45) is 3.46. The highest BCUT2D eigenvalue weighted by molar-refractivity contribution is 7.51. The Morgan fingerprint density at radius 2 is 2.11 bits per heavy atom. The molecule has 3 nitrogen and oxygen atoms in total. The van der Waals surface area contributed by atoms with E-state index in [0.29, 0.717) is 6.42 Å². The Hall–Kier alpha value is -0.110. The second kappa shape index (κ2) is 3.83. The topological polar surface area (TPSA) is 57.5 Å². The van der Waals surface area contributed by atoms with E-state index in [0.717, 1.165) is 0 Å². The molecule has 0 atom stereocenters. The Kier molecular flexibility index (Phi) is 3.78. The largest absolute Gasteiger partial charge is 0.325 e. The highest BCUT2D eigenvalue weighted by Gasteiger charge is 2.09. The monoisotopic (exact) mass is 149 g/mol. The van der Waals surface area contributed by atoms with E-state index in [4.69, 9.17) is 9.79 Å². The van der Waals surface area contributed by atoms with Crippen molar-refractivity contribution < 1.29 is 14.4 Å². The lowest BCUT2D eigenvalue weighted by Gasteiger charge is -1.97. The van der Waals surface area contributed by atoms with Gasteiger partial charge in [-0.1, -0.05) is 12.2 Å². The maximum Gasteiger partial charge on any atom is 0.325 e. The van der Waals surface area contributed by atoms with Crippen LogP contribution in [0, 0.1) is 6.92 Å². The van der Waals surface area contributed by atoms with Crippen LogP contribution in [0.2, 0.25) is 0 Å². The van der Waals surface area contributed by atoms with Crippen molar-refractivity contribution in [1.29, 1.82) is 0 Å². The summed E-state index contributed by atoms with van der Waals surface area (Å²) >= 11 is 0. The predicted molar refractivity (Wildman–Crippen MR) is 36.0 cm³/mol. The Bertz CT molecular complexity index is 135. The standard InChI is InChI=1S/C5H10O3P/c1-2-3-4-5-9(6,7)8/h2-3H,1,4-5H2,(H2,6,7,8)/b3-2+. The molecule has 0 aromatic rings. The van der Waals surface area contributed by atoms with E-state index in [1.54, 1.807) is 6.08 Å². The normalized spacial score (nSPS) is 12.8. The fourth-order valence-corrected chi connectivity index (χ4v) is 0.846. The minimum atomic E-state index is -3.77. The van der Waals surface area contributed by atoms with Crippen LogP contribution in [0.25, 0.3) is 0 Å². The zero-order chi connectivity index (χ0) is 7.33. The van der Waals surface area contributed by atoms with Crippen LogP contribution in [0.15, 0.2) is 12.2 Å². The molecule has 0 saturated heterocycles. The van der Waals surface area contributed by atoms with Gasteiger partial charge in [0, 0.05) is 0 Å². The van der Waals surface area contributed by atoms with Gasteiger partial charge in [0.25, 0.3) is 0 Å². The molecule has 0 saturated carbocycles. The van der Waals surface area contributed by atoms with Gasteiger partial charge in [0.05, 0.1) is 6.16 Å². The number of hydrogen-bond acceptors (Lipinski definition) is 1. The summed E-state index contributed by atoms with van der Waals surface area (Å²) in [5, 5.41) is 0. The Morgan fingerprint density at radius 1 is 1.56 bits per heavy atom. The average molecular weight is 149 g/mol. The van der Waals surface area contributed by atoms with Crippen molar-refractivity contribution in [2.75, 3.05) is 6.16 Å². The molecule has 0 bridgehead atoms. The quantitative estimate of drug-likeness (QED) is 0.587. The molecule has 0 aliphatic heterocycles. The molecule has 0 fully saturated rings. The second-order valence-corrected chi connectivity index (χ2v) is 3.42. The molecule has 0 aliphatic carbocycles. The Balaban J connectivity index is 3.40. The molecule has 0 aromatic carbocycles. The molecule has 0 amide bonds. The van der Waals surface area contributed by atoms with Crippen molar-refractivity contribution in [3.8, 4) is 0 Å². The molecule has 1 radical (unpaired) electrons. The van der Waals surface area contributed by atoms with Gasteiger partial charge in [-0.3, -0.25) is 4.57 Å². The lowest BCUT2D eigenvalue weighted by Crippen LogP contribution is -1.83. The van der Waals surface area contributed by atoms with Gasteiger partial charge >= 0.3 is 7.60 Å².